The smallest absolute Gasteiger partial charge is 0.324 e. The van der Waals surface area contributed by atoms with Crippen molar-refractivity contribution in [1.82, 2.24) is 10.2 Å². The number of esters is 1. The van der Waals surface area contributed by atoms with Gasteiger partial charge < -0.3 is 30.3 Å². The summed E-state index contributed by atoms with van der Waals surface area (Å²) in [6.07, 6.45) is -1.90. The van der Waals surface area contributed by atoms with Crippen LogP contribution in [-0.2, 0) is 24.5 Å². The maximum atomic E-state index is 15.4. The first kappa shape index (κ1) is 38.3. The number of phenolic OH excluding ortho intramolecular Hbond substituents is 1. The van der Waals surface area contributed by atoms with Crippen LogP contribution in [0.3, 0.4) is 0 Å². The van der Waals surface area contributed by atoms with E-state index in [1.807, 2.05) is 108 Å². The monoisotopic (exact) mass is 795 g/mol. The number of hydrogen-bond donors (Lipinski definition) is 4. The number of nitrogens with one attached hydrogen (secondary N) is 2. The number of amides is 2. The lowest BCUT2D eigenvalue weighted by molar-refractivity contribution is -0.178. The molecular weight excluding hydrogens is 755 g/mol. The van der Waals surface area contributed by atoms with Gasteiger partial charge in [0.2, 0.25) is 11.8 Å². The van der Waals surface area contributed by atoms with Crippen molar-refractivity contribution in [2.75, 3.05) is 19.0 Å². The highest BCUT2D eigenvalue weighted by Crippen LogP contribution is 2.64. The van der Waals surface area contributed by atoms with Gasteiger partial charge in [-0.25, -0.2) is 0 Å². The van der Waals surface area contributed by atoms with Crippen LogP contribution in [0, 0.1) is 17.8 Å². The lowest BCUT2D eigenvalue weighted by Crippen LogP contribution is -2.55. The molecule has 3 heterocycles. The lowest BCUT2D eigenvalue weighted by Gasteiger charge is -2.46. The standard InChI is InChI=1S/C50H41N3O7/c1-59-38-26-19-31(20-27-38)17-18-32-21-28-40-39(29-32)50(49(58)52-40)42(47(56)51-30-41(55)33-11-5-2-6-12-33)44-48(57)60-45(35-15-9-4-10-16-35)43(34-13-7-3-8-14-34)53(44)46(50)36-22-24-37(54)25-23-36/h2-16,19-29,41-46,54-55H,30H2,1H3,(H,51,56)(H,52,58)/t41-,42+,43+,44+,45-,46-,50+/m0/s1. The Bertz CT molecular complexity index is 2610. The number of carbonyl (C=O) groups is 3. The molecule has 3 aliphatic heterocycles. The summed E-state index contributed by atoms with van der Waals surface area (Å²) in [7, 11) is 1.60. The number of aliphatic hydroxyl groups excluding tert-OH is 1. The van der Waals surface area contributed by atoms with E-state index in [0.29, 0.717) is 33.7 Å². The first-order chi connectivity index (χ1) is 29.3. The molecule has 1 spiro atoms. The Morgan fingerprint density at radius 1 is 0.783 bits per heavy atom. The molecule has 6 aromatic rings. The summed E-state index contributed by atoms with van der Waals surface area (Å²) in [4.78, 5) is 47.6. The molecule has 9 rings (SSSR count). The molecule has 0 radical (unpaired) electrons. The van der Waals surface area contributed by atoms with Gasteiger partial charge in [-0.15, -0.1) is 0 Å². The van der Waals surface area contributed by atoms with Crippen LogP contribution in [0.15, 0.2) is 158 Å². The highest BCUT2D eigenvalue weighted by atomic mass is 16.6. The van der Waals surface area contributed by atoms with Crippen molar-refractivity contribution in [2.45, 2.75) is 35.7 Å². The number of benzene rings is 6. The van der Waals surface area contributed by atoms with Gasteiger partial charge in [-0.3, -0.25) is 19.3 Å². The third-order valence-corrected chi connectivity index (χ3v) is 11.9. The summed E-state index contributed by atoms with van der Waals surface area (Å²) in [5.74, 6) is 4.03. The molecule has 0 unspecified atom stereocenters. The predicted molar refractivity (Wildman–Crippen MR) is 225 cm³/mol. The van der Waals surface area contributed by atoms with Crippen LogP contribution in [0.25, 0.3) is 0 Å². The van der Waals surface area contributed by atoms with Crippen molar-refractivity contribution in [2.24, 2.45) is 5.92 Å². The summed E-state index contributed by atoms with van der Waals surface area (Å²) in [6, 6.07) is 44.4. The maximum Gasteiger partial charge on any atom is 0.324 e. The molecule has 298 valence electrons. The Balaban J connectivity index is 1.27. The highest BCUT2D eigenvalue weighted by Gasteiger charge is 2.74. The summed E-state index contributed by atoms with van der Waals surface area (Å²) in [5, 5.41) is 27.8. The van der Waals surface area contributed by atoms with E-state index >= 15 is 9.59 Å². The largest absolute Gasteiger partial charge is 0.508 e. The molecule has 3 aliphatic rings. The predicted octanol–water partition coefficient (Wildman–Crippen LogP) is 6.92. The summed E-state index contributed by atoms with van der Waals surface area (Å²) < 4.78 is 11.8. The van der Waals surface area contributed by atoms with Crippen LogP contribution < -0.4 is 15.4 Å². The fourth-order valence-corrected chi connectivity index (χ4v) is 9.25. The minimum atomic E-state index is -1.76. The fourth-order valence-electron chi connectivity index (χ4n) is 9.25. The Morgan fingerprint density at radius 3 is 2.07 bits per heavy atom. The number of morpholine rings is 1. The van der Waals surface area contributed by atoms with Crippen molar-refractivity contribution < 1.29 is 34.1 Å². The van der Waals surface area contributed by atoms with Crippen molar-refractivity contribution in [3.05, 3.63) is 197 Å². The zero-order valence-electron chi connectivity index (χ0n) is 32.6. The molecule has 7 atom stereocenters. The Labute approximate surface area is 347 Å². The van der Waals surface area contributed by atoms with E-state index in [1.165, 1.54) is 0 Å². The van der Waals surface area contributed by atoms with Gasteiger partial charge in [0.05, 0.1) is 31.2 Å². The van der Waals surface area contributed by atoms with Gasteiger partial charge in [-0.05, 0) is 82.4 Å². The van der Waals surface area contributed by atoms with Crippen molar-refractivity contribution in [1.29, 1.82) is 0 Å². The Morgan fingerprint density at radius 2 is 1.40 bits per heavy atom. The van der Waals surface area contributed by atoms with E-state index in [4.69, 9.17) is 9.47 Å². The van der Waals surface area contributed by atoms with Crippen LogP contribution >= 0.6 is 0 Å². The molecule has 0 saturated carbocycles. The fraction of sp³-hybridized carbons (Fsp3) is 0.180. The normalized spacial score (nSPS) is 23.3. The maximum absolute atomic E-state index is 15.4. The van der Waals surface area contributed by atoms with Gasteiger partial charge in [0.1, 0.15) is 29.1 Å². The zero-order chi connectivity index (χ0) is 41.4. The Hall–Kier alpha value is -7.19. The molecular formula is C50H41N3O7. The summed E-state index contributed by atoms with van der Waals surface area (Å²) >= 11 is 0. The number of methoxy groups -OCH3 is 1. The number of hydrogen-bond acceptors (Lipinski definition) is 8. The number of rotatable bonds is 8. The van der Waals surface area contributed by atoms with E-state index in [0.717, 1.165) is 16.7 Å². The molecule has 0 bridgehead atoms. The molecule has 0 aliphatic carbocycles. The number of ether oxygens (including phenoxy) is 2. The zero-order valence-corrected chi connectivity index (χ0v) is 32.6. The van der Waals surface area contributed by atoms with Crippen molar-refractivity contribution in [3.63, 3.8) is 0 Å². The number of aliphatic hydroxyl groups is 1. The van der Waals surface area contributed by atoms with Crippen molar-refractivity contribution in [3.8, 4) is 23.3 Å². The SMILES string of the molecule is COc1ccc(C#Cc2ccc3c(c2)[C@]2(C(=O)N3)[C@H](c3ccc(O)cc3)N3[C@H](c4ccccc4)[C@H](c4ccccc4)OC(=O)[C@H]3[C@@H]2C(=O)NC[C@H](O)c2ccccc2)cc1. The Kier molecular flexibility index (Phi) is 10.1. The number of nitrogens with zero attached hydrogens (tertiary/aromatic N) is 1. The highest BCUT2D eigenvalue weighted by molar-refractivity contribution is 6.12. The number of carbonyl (C=O) groups excluding carboxylic acids is 3. The molecule has 10 heteroatoms. The molecule has 6 aromatic carbocycles. The summed E-state index contributed by atoms with van der Waals surface area (Å²) in [6.45, 7) is -0.183. The second kappa shape index (κ2) is 15.9. The first-order valence-corrected chi connectivity index (χ1v) is 19.8. The third-order valence-electron chi connectivity index (χ3n) is 11.9. The second-order valence-corrected chi connectivity index (χ2v) is 15.2. The molecule has 4 N–H and O–H groups in total. The van der Waals surface area contributed by atoms with E-state index in [-0.39, 0.29) is 12.3 Å². The van der Waals surface area contributed by atoms with Gasteiger partial charge >= 0.3 is 5.97 Å². The summed E-state index contributed by atoms with van der Waals surface area (Å²) in [5.41, 5.74) is 3.27. The molecule has 60 heavy (non-hydrogen) atoms. The average Bonchev–Trinajstić information content (AvgIpc) is 3.77. The van der Waals surface area contributed by atoms with Gasteiger partial charge in [0.25, 0.3) is 0 Å². The van der Waals surface area contributed by atoms with E-state index in [9.17, 15) is 15.0 Å². The lowest BCUT2D eigenvalue weighted by atomic mass is 9.65. The van der Waals surface area contributed by atoms with Gasteiger partial charge in [0, 0.05) is 23.4 Å². The number of fused-ring (bicyclic) bond motifs is 3. The van der Waals surface area contributed by atoms with Crippen LogP contribution in [0.4, 0.5) is 5.69 Å². The van der Waals surface area contributed by atoms with Crippen LogP contribution in [0.5, 0.6) is 11.5 Å². The number of anilines is 1. The van der Waals surface area contributed by atoms with Gasteiger partial charge in [-0.1, -0.05) is 115 Å². The van der Waals surface area contributed by atoms with Gasteiger partial charge in [-0.2, -0.15) is 0 Å². The minimum absolute atomic E-state index is 0.0127. The van der Waals surface area contributed by atoms with Crippen LogP contribution in [-0.4, -0.2) is 52.6 Å². The number of aromatic hydroxyl groups is 1. The molecule has 10 nitrogen and oxygen atoms in total. The van der Waals surface area contributed by atoms with Crippen LogP contribution in [0.2, 0.25) is 0 Å². The van der Waals surface area contributed by atoms with Crippen LogP contribution in [0.1, 0.15) is 63.2 Å². The second-order valence-electron chi connectivity index (χ2n) is 15.2. The first-order valence-electron chi connectivity index (χ1n) is 19.8. The number of cyclic esters (lactones) is 1. The molecule has 2 amide bonds. The van der Waals surface area contributed by atoms with E-state index in [2.05, 4.69) is 22.5 Å². The third kappa shape index (κ3) is 6.64. The molecule has 2 fully saturated rings. The van der Waals surface area contributed by atoms with E-state index < -0.39 is 59.5 Å². The van der Waals surface area contributed by atoms with Crippen molar-refractivity contribution >= 4 is 23.5 Å². The minimum Gasteiger partial charge on any atom is -0.508 e. The van der Waals surface area contributed by atoms with Gasteiger partial charge in [0.15, 0.2) is 0 Å². The molecule has 2 saturated heterocycles. The number of phenols is 1. The topological polar surface area (TPSA) is 137 Å². The quantitative estimate of drug-likeness (QED) is 0.0963. The van der Waals surface area contributed by atoms with E-state index in [1.54, 1.807) is 61.7 Å². The average molecular weight is 796 g/mol. The molecule has 0 aromatic heterocycles.